The summed E-state index contributed by atoms with van der Waals surface area (Å²) < 4.78 is 0. The number of hydrogen-bond acceptors (Lipinski definition) is 2. The van der Waals surface area contributed by atoms with E-state index in [0.29, 0.717) is 5.69 Å². The van der Waals surface area contributed by atoms with Crippen LogP contribution in [0.3, 0.4) is 0 Å². The van der Waals surface area contributed by atoms with Gasteiger partial charge in [-0.05, 0) is 30.5 Å². The largest absolute Gasteiger partial charge is 0.481 e. The van der Waals surface area contributed by atoms with Crippen LogP contribution in [0, 0.1) is 0 Å². The average Bonchev–Trinajstić information content (AvgIpc) is 2.41. The van der Waals surface area contributed by atoms with Crippen LogP contribution >= 0.6 is 0 Å². The fourth-order valence-corrected chi connectivity index (χ4v) is 2.48. The van der Waals surface area contributed by atoms with Crippen molar-refractivity contribution in [2.24, 2.45) is 0 Å². The van der Waals surface area contributed by atoms with Crippen LogP contribution < -0.4 is 10.6 Å². The summed E-state index contributed by atoms with van der Waals surface area (Å²) in [6.45, 7) is 0. The molecule has 1 aliphatic carbocycles. The molecule has 1 fully saturated rings. The van der Waals surface area contributed by atoms with Gasteiger partial charge in [-0.25, -0.2) is 4.79 Å². The molecule has 2 amide bonds. The quantitative estimate of drug-likeness (QED) is 0.791. The predicted octanol–water partition coefficient (Wildman–Crippen LogP) is 2.77. The molecule has 0 heterocycles. The summed E-state index contributed by atoms with van der Waals surface area (Å²) in [4.78, 5) is 22.4. The lowest BCUT2D eigenvalue weighted by Crippen LogP contribution is -2.38. The highest BCUT2D eigenvalue weighted by molar-refractivity contribution is 5.89. The number of benzene rings is 1. The normalized spacial score (nSPS) is 15.6. The molecule has 0 unspecified atom stereocenters. The van der Waals surface area contributed by atoms with E-state index in [-0.39, 0.29) is 18.5 Å². The van der Waals surface area contributed by atoms with Crippen molar-refractivity contribution in [3.05, 3.63) is 29.8 Å². The van der Waals surface area contributed by atoms with Gasteiger partial charge in [0.1, 0.15) is 0 Å². The third kappa shape index (κ3) is 4.57. The first kappa shape index (κ1) is 14.4. The molecule has 1 aliphatic rings. The first-order chi connectivity index (χ1) is 9.63. The Morgan fingerprint density at radius 2 is 1.75 bits per heavy atom. The molecule has 0 aromatic heterocycles. The molecule has 5 nitrogen and oxygen atoms in total. The zero-order valence-electron chi connectivity index (χ0n) is 11.4. The van der Waals surface area contributed by atoms with Gasteiger partial charge in [0, 0.05) is 11.7 Å². The minimum atomic E-state index is -0.860. The van der Waals surface area contributed by atoms with E-state index < -0.39 is 5.97 Å². The van der Waals surface area contributed by atoms with E-state index in [2.05, 4.69) is 10.6 Å². The van der Waals surface area contributed by atoms with Gasteiger partial charge in [-0.1, -0.05) is 31.4 Å². The summed E-state index contributed by atoms with van der Waals surface area (Å²) in [5.74, 6) is -0.860. The van der Waals surface area contributed by atoms with Crippen LogP contribution in [0.2, 0.25) is 0 Å². The maximum absolute atomic E-state index is 11.8. The van der Waals surface area contributed by atoms with Crippen LogP contribution in [-0.2, 0) is 11.2 Å². The molecule has 20 heavy (non-hydrogen) atoms. The highest BCUT2D eigenvalue weighted by atomic mass is 16.4. The van der Waals surface area contributed by atoms with Crippen molar-refractivity contribution in [2.45, 2.75) is 44.6 Å². The molecule has 1 saturated carbocycles. The summed E-state index contributed by atoms with van der Waals surface area (Å²) >= 11 is 0. The molecule has 0 bridgehead atoms. The SMILES string of the molecule is O=C(O)Cc1ccc(NC(=O)NC2CCCCC2)cc1. The van der Waals surface area contributed by atoms with Crippen LogP contribution in [0.4, 0.5) is 10.5 Å². The summed E-state index contributed by atoms with van der Waals surface area (Å²) in [5.41, 5.74) is 1.39. The van der Waals surface area contributed by atoms with Gasteiger partial charge < -0.3 is 15.7 Å². The van der Waals surface area contributed by atoms with E-state index in [4.69, 9.17) is 5.11 Å². The number of aliphatic carboxylic acids is 1. The van der Waals surface area contributed by atoms with Crippen molar-refractivity contribution < 1.29 is 14.7 Å². The number of nitrogens with one attached hydrogen (secondary N) is 2. The second kappa shape index (κ2) is 6.93. The van der Waals surface area contributed by atoms with Gasteiger partial charge in [-0.2, -0.15) is 0 Å². The van der Waals surface area contributed by atoms with Crippen molar-refractivity contribution in [3.63, 3.8) is 0 Å². The number of rotatable bonds is 4. The maximum Gasteiger partial charge on any atom is 0.319 e. The lowest BCUT2D eigenvalue weighted by atomic mass is 9.96. The van der Waals surface area contributed by atoms with Crippen molar-refractivity contribution >= 4 is 17.7 Å². The number of carbonyl (C=O) groups is 2. The molecule has 0 saturated heterocycles. The van der Waals surface area contributed by atoms with Gasteiger partial charge in [0.25, 0.3) is 0 Å². The molecule has 1 aromatic carbocycles. The van der Waals surface area contributed by atoms with Crippen LogP contribution in [0.25, 0.3) is 0 Å². The predicted molar refractivity (Wildman–Crippen MR) is 76.8 cm³/mol. The van der Waals surface area contributed by atoms with Crippen molar-refractivity contribution in [2.75, 3.05) is 5.32 Å². The Morgan fingerprint density at radius 1 is 1.10 bits per heavy atom. The molecular formula is C15H20N2O3. The standard InChI is InChI=1S/C15H20N2O3/c18-14(19)10-11-6-8-13(9-7-11)17-15(20)16-12-4-2-1-3-5-12/h6-9,12H,1-5,10H2,(H,18,19)(H2,16,17,20). The topological polar surface area (TPSA) is 78.4 Å². The lowest BCUT2D eigenvalue weighted by molar-refractivity contribution is -0.136. The Morgan fingerprint density at radius 3 is 2.35 bits per heavy atom. The number of amides is 2. The Bertz CT molecular complexity index is 465. The van der Waals surface area contributed by atoms with Gasteiger partial charge in [0.15, 0.2) is 0 Å². The number of carboxylic acid groups (broad SMARTS) is 1. The summed E-state index contributed by atoms with van der Waals surface area (Å²) in [6.07, 6.45) is 5.69. The Kier molecular flexibility index (Phi) is 4.98. The van der Waals surface area contributed by atoms with Crippen LogP contribution in [0.1, 0.15) is 37.7 Å². The molecule has 2 rings (SSSR count). The first-order valence-corrected chi connectivity index (χ1v) is 7.02. The van der Waals surface area contributed by atoms with E-state index in [9.17, 15) is 9.59 Å². The number of hydrogen-bond donors (Lipinski definition) is 3. The smallest absolute Gasteiger partial charge is 0.319 e. The van der Waals surface area contributed by atoms with Crippen molar-refractivity contribution in [1.29, 1.82) is 0 Å². The molecule has 108 valence electrons. The minimum absolute atomic E-state index is 0.00541. The van der Waals surface area contributed by atoms with Crippen molar-refractivity contribution in [3.8, 4) is 0 Å². The first-order valence-electron chi connectivity index (χ1n) is 7.02. The maximum atomic E-state index is 11.8. The lowest BCUT2D eigenvalue weighted by Gasteiger charge is -2.22. The van der Waals surface area contributed by atoms with Gasteiger partial charge in [-0.15, -0.1) is 0 Å². The summed E-state index contributed by atoms with van der Waals surface area (Å²) in [6, 6.07) is 6.95. The van der Waals surface area contributed by atoms with E-state index in [1.54, 1.807) is 24.3 Å². The molecular weight excluding hydrogens is 256 g/mol. The molecule has 0 radical (unpaired) electrons. The van der Waals surface area contributed by atoms with Gasteiger partial charge >= 0.3 is 12.0 Å². The second-order valence-electron chi connectivity index (χ2n) is 5.20. The van der Waals surface area contributed by atoms with E-state index in [0.717, 1.165) is 18.4 Å². The van der Waals surface area contributed by atoms with E-state index in [1.807, 2.05) is 0 Å². The summed E-state index contributed by atoms with van der Waals surface area (Å²) in [7, 11) is 0. The Hall–Kier alpha value is -2.04. The fourth-order valence-electron chi connectivity index (χ4n) is 2.48. The summed E-state index contributed by atoms with van der Waals surface area (Å²) in [5, 5.41) is 14.4. The highest BCUT2D eigenvalue weighted by Crippen LogP contribution is 2.17. The van der Waals surface area contributed by atoms with Gasteiger partial charge in [0.05, 0.1) is 6.42 Å². The number of anilines is 1. The fraction of sp³-hybridized carbons (Fsp3) is 0.467. The van der Waals surface area contributed by atoms with Crippen LogP contribution in [0.5, 0.6) is 0 Å². The monoisotopic (exact) mass is 276 g/mol. The zero-order valence-corrected chi connectivity index (χ0v) is 11.4. The number of carbonyl (C=O) groups excluding carboxylic acids is 1. The minimum Gasteiger partial charge on any atom is -0.481 e. The van der Waals surface area contributed by atoms with Crippen molar-refractivity contribution in [1.82, 2.24) is 5.32 Å². The molecule has 0 aliphatic heterocycles. The van der Waals surface area contributed by atoms with E-state index in [1.165, 1.54) is 19.3 Å². The second-order valence-corrected chi connectivity index (χ2v) is 5.20. The number of carboxylic acids is 1. The van der Waals surface area contributed by atoms with Gasteiger partial charge in [0.2, 0.25) is 0 Å². The molecule has 3 N–H and O–H groups in total. The third-order valence-electron chi connectivity index (χ3n) is 3.51. The number of urea groups is 1. The third-order valence-corrected chi connectivity index (χ3v) is 3.51. The van der Waals surface area contributed by atoms with Gasteiger partial charge in [-0.3, -0.25) is 4.79 Å². The van der Waals surface area contributed by atoms with E-state index >= 15 is 0 Å². The molecule has 0 atom stereocenters. The van der Waals surface area contributed by atoms with Crippen LogP contribution in [-0.4, -0.2) is 23.1 Å². The molecule has 0 spiro atoms. The molecule has 1 aromatic rings. The Balaban J connectivity index is 1.82. The average molecular weight is 276 g/mol. The Labute approximate surface area is 118 Å². The molecule has 5 heteroatoms. The highest BCUT2D eigenvalue weighted by Gasteiger charge is 2.15. The zero-order chi connectivity index (χ0) is 14.4. The van der Waals surface area contributed by atoms with Crippen LogP contribution in [0.15, 0.2) is 24.3 Å².